The van der Waals surface area contributed by atoms with Gasteiger partial charge in [0.25, 0.3) is 0 Å². The van der Waals surface area contributed by atoms with E-state index < -0.39 is 0 Å². The Balaban J connectivity index is 2.50. The summed E-state index contributed by atoms with van der Waals surface area (Å²) >= 11 is 6.21. The molecule has 0 aliphatic heterocycles. The van der Waals surface area contributed by atoms with Crippen LogP contribution in [0, 0.1) is 0 Å². The van der Waals surface area contributed by atoms with Crippen LogP contribution in [0.2, 0.25) is 5.02 Å². The average molecular weight is 251 g/mol. The second-order valence-electron chi connectivity index (χ2n) is 3.70. The maximum absolute atomic E-state index is 11.2. The normalized spacial score (nSPS) is 10.5. The molecule has 0 radical (unpaired) electrons. The largest absolute Gasteiger partial charge is 0.508 e. The molecule has 0 aliphatic rings. The Hall–Kier alpha value is -1.74. The molecular formula is C13H11ClO3. The van der Waals surface area contributed by atoms with Gasteiger partial charge in [0, 0.05) is 5.39 Å². The van der Waals surface area contributed by atoms with Crippen LogP contribution in [0.1, 0.15) is 5.56 Å². The summed E-state index contributed by atoms with van der Waals surface area (Å²) in [6.07, 6.45) is 0.145. The number of rotatable bonds is 2. The van der Waals surface area contributed by atoms with Crippen molar-refractivity contribution < 1.29 is 14.6 Å². The Morgan fingerprint density at radius 1 is 1.35 bits per heavy atom. The number of phenols is 1. The summed E-state index contributed by atoms with van der Waals surface area (Å²) in [6.45, 7) is 0. The van der Waals surface area contributed by atoms with E-state index in [1.165, 1.54) is 7.11 Å². The van der Waals surface area contributed by atoms with Crippen molar-refractivity contribution in [2.24, 2.45) is 0 Å². The molecule has 0 aromatic heterocycles. The third-order valence-corrected chi connectivity index (χ3v) is 3.03. The predicted molar refractivity (Wildman–Crippen MR) is 66.3 cm³/mol. The minimum Gasteiger partial charge on any atom is -0.508 e. The third-order valence-electron chi connectivity index (χ3n) is 2.58. The monoisotopic (exact) mass is 250 g/mol. The van der Waals surface area contributed by atoms with Crippen LogP contribution in [0.4, 0.5) is 0 Å². The minimum absolute atomic E-state index is 0.145. The van der Waals surface area contributed by atoms with Crippen molar-refractivity contribution in [3.8, 4) is 5.75 Å². The maximum atomic E-state index is 11.2. The van der Waals surface area contributed by atoms with E-state index in [4.69, 9.17) is 11.6 Å². The van der Waals surface area contributed by atoms with Gasteiger partial charge in [0.2, 0.25) is 0 Å². The number of ether oxygens (including phenoxy) is 1. The predicted octanol–water partition coefficient (Wildman–Crippen LogP) is 2.91. The first kappa shape index (κ1) is 11.7. The van der Waals surface area contributed by atoms with Crippen molar-refractivity contribution in [3.63, 3.8) is 0 Å². The van der Waals surface area contributed by atoms with Crippen LogP contribution in [0.5, 0.6) is 5.75 Å². The topological polar surface area (TPSA) is 46.5 Å². The number of esters is 1. The molecule has 1 N–H and O–H groups in total. The van der Waals surface area contributed by atoms with Crippen molar-refractivity contribution >= 4 is 28.3 Å². The Kier molecular flexibility index (Phi) is 3.20. The molecule has 4 heteroatoms. The van der Waals surface area contributed by atoms with Crippen molar-refractivity contribution in [2.75, 3.05) is 7.11 Å². The van der Waals surface area contributed by atoms with Gasteiger partial charge >= 0.3 is 5.97 Å². The van der Waals surface area contributed by atoms with E-state index in [1.807, 2.05) is 6.07 Å². The molecule has 0 bridgehead atoms. The molecule has 2 aromatic rings. The SMILES string of the molecule is COC(=O)Cc1ccc2cc(O)ccc2c1Cl. The van der Waals surface area contributed by atoms with Crippen molar-refractivity contribution in [1.82, 2.24) is 0 Å². The number of aromatic hydroxyl groups is 1. The molecule has 0 spiro atoms. The van der Waals surface area contributed by atoms with Gasteiger partial charge < -0.3 is 9.84 Å². The lowest BCUT2D eigenvalue weighted by atomic mass is 10.0. The smallest absolute Gasteiger partial charge is 0.310 e. The Morgan fingerprint density at radius 2 is 2.12 bits per heavy atom. The Bertz CT molecular complexity index is 578. The number of halogens is 1. The number of methoxy groups -OCH3 is 1. The zero-order chi connectivity index (χ0) is 12.4. The van der Waals surface area contributed by atoms with E-state index in [2.05, 4.69) is 4.74 Å². The molecule has 2 aromatic carbocycles. The summed E-state index contributed by atoms with van der Waals surface area (Å²) in [7, 11) is 1.34. The standard InChI is InChI=1S/C13H11ClO3/c1-17-12(16)7-9-3-2-8-6-10(15)4-5-11(8)13(9)14/h2-6,15H,7H2,1H3. The highest BCUT2D eigenvalue weighted by Gasteiger charge is 2.10. The molecule has 0 atom stereocenters. The van der Waals surface area contributed by atoms with Crippen LogP contribution in [0.25, 0.3) is 10.8 Å². The fourth-order valence-electron chi connectivity index (χ4n) is 1.69. The van der Waals surface area contributed by atoms with Crippen molar-refractivity contribution in [2.45, 2.75) is 6.42 Å². The van der Waals surface area contributed by atoms with Crippen molar-refractivity contribution in [3.05, 3.63) is 40.9 Å². The van der Waals surface area contributed by atoms with Gasteiger partial charge in [-0.05, 0) is 29.1 Å². The van der Waals surface area contributed by atoms with E-state index >= 15 is 0 Å². The zero-order valence-corrected chi connectivity index (χ0v) is 9.99. The summed E-state index contributed by atoms with van der Waals surface area (Å²) in [6, 6.07) is 8.51. The summed E-state index contributed by atoms with van der Waals surface area (Å²) in [5.41, 5.74) is 0.719. The van der Waals surface area contributed by atoms with Crippen LogP contribution in [-0.4, -0.2) is 18.2 Å². The molecule has 0 heterocycles. The van der Waals surface area contributed by atoms with Gasteiger partial charge in [-0.25, -0.2) is 0 Å². The van der Waals surface area contributed by atoms with Crippen molar-refractivity contribution in [1.29, 1.82) is 0 Å². The quantitative estimate of drug-likeness (QED) is 0.834. The number of hydrogen-bond acceptors (Lipinski definition) is 3. The molecule has 0 amide bonds. The second kappa shape index (κ2) is 4.63. The highest BCUT2D eigenvalue weighted by molar-refractivity contribution is 6.36. The third kappa shape index (κ3) is 2.34. The van der Waals surface area contributed by atoms with Gasteiger partial charge in [0.05, 0.1) is 18.6 Å². The summed E-state index contributed by atoms with van der Waals surface area (Å²) in [5.74, 6) is -0.140. The summed E-state index contributed by atoms with van der Waals surface area (Å²) in [5, 5.41) is 11.5. The van der Waals surface area contributed by atoms with E-state index in [9.17, 15) is 9.90 Å². The fraction of sp³-hybridized carbons (Fsp3) is 0.154. The number of phenolic OH excluding ortho intramolecular Hbond substituents is 1. The lowest BCUT2D eigenvalue weighted by molar-refractivity contribution is -0.139. The number of benzene rings is 2. The van der Waals surface area contributed by atoms with Gasteiger partial charge in [0.1, 0.15) is 5.75 Å². The lowest BCUT2D eigenvalue weighted by Gasteiger charge is -2.07. The Morgan fingerprint density at radius 3 is 2.82 bits per heavy atom. The highest BCUT2D eigenvalue weighted by Crippen LogP contribution is 2.30. The zero-order valence-electron chi connectivity index (χ0n) is 9.24. The summed E-state index contributed by atoms with van der Waals surface area (Å²) in [4.78, 5) is 11.2. The molecule has 0 fully saturated rings. The first-order valence-electron chi connectivity index (χ1n) is 5.08. The first-order chi connectivity index (χ1) is 8.11. The fourth-order valence-corrected chi connectivity index (χ4v) is 1.99. The molecule has 2 rings (SSSR count). The second-order valence-corrected chi connectivity index (χ2v) is 4.07. The number of carbonyl (C=O) groups excluding carboxylic acids is 1. The molecule has 0 saturated heterocycles. The van der Waals surface area contributed by atoms with E-state index in [1.54, 1.807) is 24.3 Å². The minimum atomic E-state index is -0.329. The molecule has 88 valence electrons. The summed E-state index contributed by atoms with van der Waals surface area (Å²) < 4.78 is 4.60. The van der Waals surface area contributed by atoms with Gasteiger partial charge in [-0.1, -0.05) is 23.7 Å². The maximum Gasteiger partial charge on any atom is 0.310 e. The van der Waals surface area contributed by atoms with E-state index in [0.29, 0.717) is 5.02 Å². The number of hydrogen-bond donors (Lipinski definition) is 1. The number of carbonyl (C=O) groups is 1. The van der Waals surface area contributed by atoms with Crippen LogP contribution in [0.15, 0.2) is 30.3 Å². The van der Waals surface area contributed by atoms with Gasteiger partial charge in [0.15, 0.2) is 0 Å². The van der Waals surface area contributed by atoms with Crippen LogP contribution in [-0.2, 0) is 16.0 Å². The van der Waals surface area contributed by atoms with Crippen LogP contribution in [0.3, 0.4) is 0 Å². The van der Waals surface area contributed by atoms with Crippen LogP contribution < -0.4 is 0 Å². The number of fused-ring (bicyclic) bond motifs is 1. The van der Waals surface area contributed by atoms with Gasteiger partial charge in [-0.3, -0.25) is 4.79 Å². The van der Waals surface area contributed by atoms with Gasteiger partial charge in [-0.2, -0.15) is 0 Å². The molecule has 3 nitrogen and oxygen atoms in total. The van der Waals surface area contributed by atoms with E-state index in [0.717, 1.165) is 16.3 Å². The molecule has 17 heavy (non-hydrogen) atoms. The average Bonchev–Trinajstić information content (AvgIpc) is 2.32. The Labute approximate surface area is 104 Å². The first-order valence-corrected chi connectivity index (χ1v) is 5.46. The highest BCUT2D eigenvalue weighted by atomic mass is 35.5. The van der Waals surface area contributed by atoms with E-state index in [-0.39, 0.29) is 18.1 Å². The molecule has 0 aliphatic carbocycles. The molecular weight excluding hydrogens is 240 g/mol. The van der Waals surface area contributed by atoms with Crippen LogP contribution >= 0.6 is 11.6 Å². The molecule has 0 unspecified atom stereocenters. The lowest BCUT2D eigenvalue weighted by Crippen LogP contribution is -2.04. The molecule has 0 saturated carbocycles. The van der Waals surface area contributed by atoms with Gasteiger partial charge in [-0.15, -0.1) is 0 Å².